The van der Waals surface area contributed by atoms with Gasteiger partial charge in [-0.3, -0.25) is 4.79 Å². The van der Waals surface area contributed by atoms with Crippen LogP contribution in [0.3, 0.4) is 0 Å². The Morgan fingerprint density at radius 3 is 2.76 bits per heavy atom. The number of nitrogens with zero attached hydrogens (tertiary/aromatic N) is 1. The van der Waals surface area contributed by atoms with Crippen LogP contribution < -0.4 is 14.4 Å². The van der Waals surface area contributed by atoms with E-state index in [1.54, 1.807) is 30.2 Å². The SMILES string of the molecule is CCOc1ccc(/C=C/C(=O)OCC(=O)N2CCCc3ccccc32)cc1OC. The Morgan fingerprint density at radius 1 is 1.14 bits per heavy atom. The Hall–Kier alpha value is -3.28. The lowest BCUT2D eigenvalue weighted by molar-refractivity contribution is -0.142. The van der Waals surface area contributed by atoms with Crippen molar-refractivity contribution in [3.05, 3.63) is 59.7 Å². The molecule has 1 aliphatic heterocycles. The first kappa shape index (κ1) is 20.5. The predicted molar refractivity (Wildman–Crippen MR) is 111 cm³/mol. The third kappa shape index (κ3) is 5.16. The van der Waals surface area contributed by atoms with E-state index in [9.17, 15) is 9.59 Å². The van der Waals surface area contributed by atoms with Gasteiger partial charge in [-0.2, -0.15) is 0 Å². The highest BCUT2D eigenvalue weighted by atomic mass is 16.5. The van der Waals surface area contributed by atoms with Crippen molar-refractivity contribution in [3.63, 3.8) is 0 Å². The van der Waals surface area contributed by atoms with Crippen LogP contribution in [-0.2, 0) is 20.7 Å². The minimum Gasteiger partial charge on any atom is -0.493 e. The number of esters is 1. The van der Waals surface area contributed by atoms with Crippen LogP contribution in [0.25, 0.3) is 6.08 Å². The van der Waals surface area contributed by atoms with Crippen LogP contribution in [0, 0.1) is 0 Å². The maximum atomic E-state index is 12.5. The third-order valence-electron chi connectivity index (χ3n) is 4.65. The first-order valence-electron chi connectivity index (χ1n) is 9.66. The highest BCUT2D eigenvalue weighted by molar-refractivity contribution is 5.97. The first-order chi connectivity index (χ1) is 14.1. The molecule has 152 valence electrons. The van der Waals surface area contributed by atoms with Gasteiger partial charge in [0.1, 0.15) is 0 Å². The number of rotatable bonds is 7. The number of carbonyl (C=O) groups excluding carboxylic acids is 2. The molecule has 0 saturated carbocycles. The van der Waals surface area contributed by atoms with Crippen LogP contribution in [0.5, 0.6) is 11.5 Å². The molecule has 2 aromatic rings. The van der Waals surface area contributed by atoms with Crippen molar-refractivity contribution in [1.29, 1.82) is 0 Å². The van der Waals surface area contributed by atoms with Crippen LogP contribution in [0.1, 0.15) is 24.5 Å². The van der Waals surface area contributed by atoms with E-state index in [0.29, 0.717) is 24.7 Å². The van der Waals surface area contributed by atoms with Gasteiger partial charge in [0.25, 0.3) is 5.91 Å². The zero-order chi connectivity index (χ0) is 20.6. The van der Waals surface area contributed by atoms with E-state index >= 15 is 0 Å². The molecule has 0 saturated heterocycles. The van der Waals surface area contributed by atoms with Gasteiger partial charge in [-0.1, -0.05) is 24.3 Å². The molecule has 2 aromatic carbocycles. The highest BCUT2D eigenvalue weighted by Crippen LogP contribution is 2.29. The van der Waals surface area contributed by atoms with E-state index in [-0.39, 0.29) is 12.5 Å². The van der Waals surface area contributed by atoms with Crippen LogP contribution in [0.15, 0.2) is 48.5 Å². The van der Waals surface area contributed by atoms with Gasteiger partial charge >= 0.3 is 5.97 Å². The number of anilines is 1. The molecule has 0 bridgehead atoms. The standard InChI is InChI=1S/C23H25NO5/c1-3-28-20-12-10-17(15-21(20)27-2)11-13-23(26)29-16-22(25)24-14-6-8-18-7-4-5-9-19(18)24/h4-5,7,9-13,15H,3,6,8,14,16H2,1-2H3/b13-11+. The zero-order valence-corrected chi connectivity index (χ0v) is 16.7. The molecule has 0 fully saturated rings. The quantitative estimate of drug-likeness (QED) is 0.529. The number of hydrogen-bond acceptors (Lipinski definition) is 5. The Balaban J connectivity index is 1.57. The summed E-state index contributed by atoms with van der Waals surface area (Å²) < 4.78 is 15.9. The molecule has 29 heavy (non-hydrogen) atoms. The van der Waals surface area contributed by atoms with E-state index in [4.69, 9.17) is 14.2 Å². The summed E-state index contributed by atoms with van der Waals surface area (Å²) in [7, 11) is 1.56. The average molecular weight is 395 g/mol. The summed E-state index contributed by atoms with van der Waals surface area (Å²) in [4.78, 5) is 26.2. The summed E-state index contributed by atoms with van der Waals surface area (Å²) in [6.45, 7) is 2.78. The topological polar surface area (TPSA) is 65.1 Å². The highest BCUT2D eigenvalue weighted by Gasteiger charge is 2.22. The Bertz CT molecular complexity index is 906. The van der Waals surface area contributed by atoms with E-state index < -0.39 is 5.97 Å². The van der Waals surface area contributed by atoms with Gasteiger partial charge < -0.3 is 19.1 Å². The van der Waals surface area contributed by atoms with Crippen LogP contribution in [-0.4, -0.2) is 38.7 Å². The molecule has 1 aliphatic rings. The van der Waals surface area contributed by atoms with Crippen molar-refractivity contribution in [2.75, 3.05) is 31.8 Å². The molecule has 0 atom stereocenters. The molecule has 0 N–H and O–H groups in total. The van der Waals surface area contributed by atoms with Crippen LogP contribution in [0.2, 0.25) is 0 Å². The van der Waals surface area contributed by atoms with E-state index in [2.05, 4.69) is 0 Å². The number of fused-ring (bicyclic) bond motifs is 1. The fourth-order valence-corrected chi connectivity index (χ4v) is 3.28. The first-order valence-corrected chi connectivity index (χ1v) is 9.66. The van der Waals surface area contributed by atoms with Crippen molar-refractivity contribution >= 4 is 23.6 Å². The van der Waals surface area contributed by atoms with Gasteiger partial charge in [-0.25, -0.2) is 4.79 Å². The predicted octanol–water partition coefficient (Wildman–Crippen LogP) is 3.63. The summed E-state index contributed by atoms with van der Waals surface area (Å²) in [6.07, 6.45) is 4.76. The largest absolute Gasteiger partial charge is 0.493 e. The van der Waals surface area contributed by atoms with Crippen molar-refractivity contribution in [3.8, 4) is 11.5 Å². The third-order valence-corrected chi connectivity index (χ3v) is 4.65. The lowest BCUT2D eigenvalue weighted by Crippen LogP contribution is -2.38. The summed E-state index contributed by atoms with van der Waals surface area (Å²) in [5.41, 5.74) is 2.80. The van der Waals surface area contributed by atoms with Gasteiger partial charge in [-0.05, 0) is 55.2 Å². The molecule has 0 aromatic heterocycles. The van der Waals surface area contributed by atoms with Crippen molar-refractivity contribution in [2.45, 2.75) is 19.8 Å². The summed E-state index contributed by atoms with van der Waals surface area (Å²) in [5, 5.41) is 0. The van der Waals surface area contributed by atoms with Crippen molar-refractivity contribution in [1.82, 2.24) is 0 Å². The monoisotopic (exact) mass is 395 g/mol. The lowest BCUT2D eigenvalue weighted by atomic mass is 10.0. The number of methoxy groups -OCH3 is 1. The smallest absolute Gasteiger partial charge is 0.331 e. The Morgan fingerprint density at radius 2 is 1.97 bits per heavy atom. The van der Waals surface area contributed by atoms with Crippen LogP contribution in [0.4, 0.5) is 5.69 Å². The molecule has 0 radical (unpaired) electrons. The van der Waals surface area contributed by atoms with E-state index in [0.717, 1.165) is 29.7 Å². The summed E-state index contributed by atoms with van der Waals surface area (Å²) in [5.74, 6) is 0.432. The second kappa shape index (κ2) is 9.78. The van der Waals surface area contributed by atoms with Gasteiger partial charge in [0, 0.05) is 18.3 Å². The average Bonchev–Trinajstić information content (AvgIpc) is 2.76. The van der Waals surface area contributed by atoms with Gasteiger partial charge in [0.2, 0.25) is 0 Å². The minimum absolute atomic E-state index is 0.221. The maximum Gasteiger partial charge on any atom is 0.331 e. The number of benzene rings is 2. The molecular weight excluding hydrogens is 370 g/mol. The zero-order valence-electron chi connectivity index (χ0n) is 16.7. The molecule has 6 heteroatoms. The Labute approximate surface area is 170 Å². The van der Waals surface area contributed by atoms with Crippen molar-refractivity contribution in [2.24, 2.45) is 0 Å². The fourth-order valence-electron chi connectivity index (χ4n) is 3.28. The van der Waals surface area contributed by atoms with Gasteiger partial charge in [-0.15, -0.1) is 0 Å². The molecule has 1 amide bonds. The number of carbonyl (C=O) groups is 2. The van der Waals surface area contributed by atoms with E-state index in [1.165, 1.54) is 6.08 Å². The molecular formula is C23H25NO5. The van der Waals surface area contributed by atoms with Gasteiger partial charge in [0.05, 0.1) is 13.7 Å². The number of para-hydroxylation sites is 1. The number of amides is 1. The molecule has 6 nitrogen and oxygen atoms in total. The normalized spacial score (nSPS) is 13.1. The molecule has 3 rings (SSSR count). The van der Waals surface area contributed by atoms with E-state index in [1.807, 2.05) is 37.3 Å². The van der Waals surface area contributed by atoms with Crippen LogP contribution >= 0.6 is 0 Å². The summed E-state index contributed by atoms with van der Waals surface area (Å²) >= 11 is 0. The molecule has 1 heterocycles. The fraction of sp³-hybridized carbons (Fsp3) is 0.304. The van der Waals surface area contributed by atoms with Crippen molar-refractivity contribution < 1.29 is 23.8 Å². The number of aryl methyl sites for hydroxylation is 1. The molecule has 0 spiro atoms. The lowest BCUT2D eigenvalue weighted by Gasteiger charge is -2.29. The van der Waals surface area contributed by atoms with Gasteiger partial charge in [0.15, 0.2) is 18.1 Å². The number of hydrogen-bond donors (Lipinski definition) is 0. The molecule has 0 aliphatic carbocycles. The maximum absolute atomic E-state index is 12.5. The molecule has 0 unspecified atom stereocenters. The minimum atomic E-state index is -0.573. The summed E-state index contributed by atoms with van der Waals surface area (Å²) in [6, 6.07) is 13.2. The second-order valence-corrected chi connectivity index (χ2v) is 6.56. The number of ether oxygens (including phenoxy) is 3. The second-order valence-electron chi connectivity index (χ2n) is 6.56. The Kier molecular flexibility index (Phi) is 6.89.